The largest absolute Gasteiger partial charge is 0.350 e. The Bertz CT molecular complexity index is 575. The average Bonchev–Trinajstić information content (AvgIpc) is 3.31. The van der Waals surface area contributed by atoms with Crippen LogP contribution < -0.4 is 5.32 Å². The van der Waals surface area contributed by atoms with Crippen molar-refractivity contribution in [1.82, 2.24) is 15.1 Å². The number of amides is 2. The van der Waals surface area contributed by atoms with Crippen LogP contribution in [0.1, 0.15) is 44.4 Å². The third-order valence-electron chi connectivity index (χ3n) is 5.38. The zero-order valence-electron chi connectivity index (χ0n) is 14.5. The van der Waals surface area contributed by atoms with E-state index in [-0.39, 0.29) is 23.9 Å². The van der Waals surface area contributed by atoms with Gasteiger partial charge in [-0.2, -0.15) is 0 Å². The second-order valence-electron chi connectivity index (χ2n) is 6.84. The van der Waals surface area contributed by atoms with Crippen LogP contribution in [0.15, 0.2) is 17.5 Å². The number of nitrogens with one attached hydrogen (secondary N) is 1. The van der Waals surface area contributed by atoms with E-state index in [0.29, 0.717) is 12.6 Å². The van der Waals surface area contributed by atoms with Crippen LogP contribution in [0.3, 0.4) is 0 Å². The summed E-state index contributed by atoms with van der Waals surface area (Å²) >= 11 is 1.66. The van der Waals surface area contributed by atoms with Gasteiger partial charge < -0.3 is 10.2 Å². The van der Waals surface area contributed by atoms with Crippen LogP contribution in [0.2, 0.25) is 0 Å². The zero-order chi connectivity index (χ0) is 17.1. The summed E-state index contributed by atoms with van der Waals surface area (Å²) in [6.07, 6.45) is 4.32. The molecule has 132 valence electrons. The molecule has 1 N–H and O–H groups in total. The standard InChI is InChI=1S/C18H27N3O2S/c1-13(18(23)19-12-15-6-5-11-24-15)20-9-3-7-16(20)17-8-4-10-21(17)14(2)22/h5-6,11,13,16-17H,3-4,7-10,12H2,1-2H3,(H,19,23). The third kappa shape index (κ3) is 3.64. The maximum atomic E-state index is 12.6. The number of likely N-dealkylation sites (tertiary alicyclic amines) is 2. The number of rotatable bonds is 5. The maximum absolute atomic E-state index is 12.6. The number of hydrogen-bond acceptors (Lipinski definition) is 4. The highest BCUT2D eigenvalue weighted by molar-refractivity contribution is 7.09. The topological polar surface area (TPSA) is 52.7 Å². The van der Waals surface area contributed by atoms with Crippen molar-refractivity contribution in [3.8, 4) is 0 Å². The average molecular weight is 350 g/mol. The van der Waals surface area contributed by atoms with Crippen molar-refractivity contribution in [3.63, 3.8) is 0 Å². The predicted octanol–water partition coefficient (Wildman–Crippen LogP) is 2.23. The van der Waals surface area contributed by atoms with E-state index in [4.69, 9.17) is 0 Å². The van der Waals surface area contributed by atoms with Gasteiger partial charge in [-0.15, -0.1) is 11.3 Å². The van der Waals surface area contributed by atoms with Gasteiger partial charge in [-0.05, 0) is 50.6 Å². The summed E-state index contributed by atoms with van der Waals surface area (Å²) in [6.45, 7) is 6.07. The van der Waals surface area contributed by atoms with Gasteiger partial charge >= 0.3 is 0 Å². The molecule has 2 fully saturated rings. The molecule has 24 heavy (non-hydrogen) atoms. The van der Waals surface area contributed by atoms with E-state index in [9.17, 15) is 9.59 Å². The first-order chi connectivity index (χ1) is 11.6. The Balaban J connectivity index is 1.61. The third-order valence-corrected chi connectivity index (χ3v) is 6.26. The fraction of sp³-hybridized carbons (Fsp3) is 0.667. The highest BCUT2D eigenvalue weighted by Gasteiger charge is 2.41. The Morgan fingerprint density at radius 2 is 2.04 bits per heavy atom. The summed E-state index contributed by atoms with van der Waals surface area (Å²) < 4.78 is 0. The first-order valence-electron chi connectivity index (χ1n) is 8.91. The van der Waals surface area contributed by atoms with Gasteiger partial charge in [-0.25, -0.2) is 0 Å². The summed E-state index contributed by atoms with van der Waals surface area (Å²) in [4.78, 5) is 30.0. The van der Waals surface area contributed by atoms with Crippen LogP contribution in [-0.4, -0.2) is 52.8 Å². The second kappa shape index (κ2) is 7.66. The molecule has 0 radical (unpaired) electrons. The monoisotopic (exact) mass is 349 g/mol. The summed E-state index contributed by atoms with van der Waals surface area (Å²) in [7, 11) is 0. The molecule has 0 saturated carbocycles. The molecule has 3 heterocycles. The fourth-order valence-corrected chi connectivity index (χ4v) is 4.82. The molecule has 2 amide bonds. The van der Waals surface area contributed by atoms with Gasteiger partial charge in [0.25, 0.3) is 0 Å². The Morgan fingerprint density at radius 1 is 1.29 bits per heavy atom. The van der Waals surface area contributed by atoms with Crippen LogP contribution in [-0.2, 0) is 16.1 Å². The summed E-state index contributed by atoms with van der Waals surface area (Å²) in [5.41, 5.74) is 0. The van der Waals surface area contributed by atoms with Crippen molar-refractivity contribution in [2.45, 2.75) is 64.2 Å². The second-order valence-corrected chi connectivity index (χ2v) is 7.87. The van der Waals surface area contributed by atoms with Gasteiger partial charge in [0, 0.05) is 30.4 Å². The molecule has 1 aromatic heterocycles. The molecule has 3 unspecified atom stereocenters. The highest BCUT2D eigenvalue weighted by Crippen LogP contribution is 2.31. The first-order valence-corrected chi connectivity index (χ1v) is 9.79. The van der Waals surface area contributed by atoms with E-state index < -0.39 is 0 Å². The number of thiophene rings is 1. The minimum Gasteiger partial charge on any atom is -0.350 e. The summed E-state index contributed by atoms with van der Waals surface area (Å²) in [5.74, 6) is 0.252. The van der Waals surface area contributed by atoms with Crippen molar-refractivity contribution >= 4 is 23.2 Å². The lowest BCUT2D eigenvalue weighted by Gasteiger charge is -2.37. The molecule has 5 nitrogen and oxygen atoms in total. The molecule has 2 aliphatic heterocycles. The Kier molecular flexibility index (Phi) is 5.56. The Hall–Kier alpha value is -1.40. The van der Waals surface area contributed by atoms with Crippen LogP contribution in [0.25, 0.3) is 0 Å². The van der Waals surface area contributed by atoms with Gasteiger partial charge in [-0.1, -0.05) is 6.07 Å². The number of carbonyl (C=O) groups excluding carboxylic acids is 2. The van der Waals surface area contributed by atoms with Crippen molar-refractivity contribution in [2.75, 3.05) is 13.1 Å². The molecule has 2 aliphatic rings. The SMILES string of the molecule is CC(=O)N1CCCC1C1CCCN1C(C)C(=O)NCc1cccs1. The van der Waals surface area contributed by atoms with E-state index in [2.05, 4.69) is 10.2 Å². The number of nitrogens with zero attached hydrogens (tertiary/aromatic N) is 2. The smallest absolute Gasteiger partial charge is 0.237 e. The zero-order valence-corrected chi connectivity index (χ0v) is 15.3. The minimum absolute atomic E-state index is 0.0858. The van der Waals surface area contributed by atoms with Gasteiger partial charge in [-0.3, -0.25) is 14.5 Å². The van der Waals surface area contributed by atoms with Crippen molar-refractivity contribution < 1.29 is 9.59 Å². The molecule has 1 aromatic rings. The number of carbonyl (C=O) groups is 2. The van der Waals surface area contributed by atoms with Gasteiger partial charge in [0.2, 0.25) is 11.8 Å². The first kappa shape index (κ1) is 17.4. The molecular weight excluding hydrogens is 322 g/mol. The normalized spacial score (nSPS) is 25.8. The molecule has 0 bridgehead atoms. The quantitative estimate of drug-likeness (QED) is 0.887. The Labute approximate surface area is 148 Å². The van der Waals surface area contributed by atoms with Crippen LogP contribution >= 0.6 is 11.3 Å². The van der Waals surface area contributed by atoms with Gasteiger partial charge in [0.15, 0.2) is 0 Å². The molecule has 0 spiro atoms. The van der Waals surface area contributed by atoms with E-state index in [1.165, 1.54) is 4.88 Å². The lowest BCUT2D eigenvalue weighted by Crippen LogP contribution is -2.53. The lowest BCUT2D eigenvalue weighted by molar-refractivity contribution is -0.131. The molecule has 3 atom stereocenters. The van der Waals surface area contributed by atoms with Crippen molar-refractivity contribution in [3.05, 3.63) is 22.4 Å². The van der Waals surface area contributed by atoms with Crippen LogP contribution in [0.4, 0.5) is 0 Å². The molecule has 3 rings (SSSR count). The van der Waals surface area contributed by atoms with E-state index in [0.717, 1.165) is 38.8 Å². The van der Waals surface area contributed by atoms with E-state index >= 15 is 0 Å². The van der Waals surface area contributed by atoms with E-state index in [1.807, 2.05) is 29.3 Å². The van der Waals surface area contributed by atoms with E-state index in [1.54, 1.807) is 18.3 Å². The molecule has 2 saturated heterocycles. The van der Waals surface area contributed by atoms with Gasteiger partial charge in [0.05, 0.1) is 12.6 Å². The molecular formula is C18H27N3O2S. The fourth-order valence-electron chi connectivity index (χ4n) is 4.18. The molecule has 6 heteroatoms. The maximum Gasteiger partial charge on any atom is 0.237 e. The lowest BCUT2D eigenvalue weighted by atomic mass is 10.0. The highest BCUT2D eigenvalue weighted by atomic mass is 32.1. The minimum atomic E-state index is -0.146. The summed E-state index contributed by atoms with van der Waals surface area (Å²) in [6, 6.07) is 4.49. The molecule has 0 aliphatic carbocycles. The predicted molar refractivity (Wildman–Crippen MR) is 95.8 cm³/mol. The Morgan fingerprint density at radius 3 is 2.75 bits per heavy atom. The van der Waals surface area contributed by atoms with Crippen LogP contribution in [0, 0.1) is 0 Å². The summed E-state index contributed by atoms with van der Waals surface area (Å²) in [5, 5.41) is 5.08. The van der Waals surface area contributed by atoms with Gasteiger partial charge in [0.1, 0.15) is 0 Å². The van der Waals surface area contributed by atoms with Crippen molar-refractivity contribution in [2.24, 2.45) is 0 Å². The van der Waals surface area contributed by atoms with Crippen molar-refractivity contribution in [1.29, 1.82) is 0 Å². The number of hydrogen-bond donors (Lipinski definition) is 1. The molecule has 0 aromatic carbocycles. The van der Waals surface area contributed by atoms with Crippen LogP contribution in [0.5, 0.6) is 0 Å².